The Bertz CT molecular complexity index is 450. The van der Waals surface area contributed by atoms with Crippen LogP contribution in [0.1, 0.15) is 24.2 Å². The van der Waals surface area contributed by atoms with Crippen molar-refractivity contribution in [2.45, 2.75) is 13.8 Å². The van der Waals surface area contributed by atoms with Gasteiger partial charge in [0, 0.05) is 19.0 Å². The highest BCUT2D eigenvalue weighted by molar-refractivity contribution is 7.80. The fourth-order valence-corrected chi connectivity index (χ4v) is 1.87. The molecule has 0 aliphatic rings. The monoisotopic (exact) mass is 284 g/mol. The van der Waals surface area contributed by atoms with Gasteiger partial charge >= 0.3 is 0 Å². The second kappa shape index (κ2) is 6.71. The Morgan fingerprint density at radius 2 is 2.11 bits per heavy atom. The number of halogens is 1. The molecule has 1 aromatic rings. The summed E-state index contributed by atoms with van der Waals surface area (Å²) in [5, 5.41) is 0.462. The largest absolute Gasteiger partial charge is 0.393 e. The summed E-state index contributed by atoms with van der Waals surface area (Å²) < 4.78 is 0. The minimum atomic E-state index is -0.0915. The topological polar surface area (TPSA) is 46.3 Å². The highest BCUT2D eigenvalue weighted by atomic mass is 35.5. The molecule has 0 aliphatic heterocycles. The van der Waals surface area contributed by atoms with Gasteiger partial charge in [-0.2, -0.15) is 0 Å². The van der Waals surface area contributed by atoms with E-state index in [-0.39, 0.29) is 11.8 Å². The fraction of sp³-hybridized carbons (Fsp3) is 0.385. The molecule has 0 spiro atoms. The second-order valence-corrected chi connectivity index (χ2v) is 5.01. The van der Waals surface area contributed by atoms with E-state index in [1.807, 2.05) is 13.8 Å². The molecule has 0 radical (unpaired) electrons. The highest BCUT2D eigenvalue weighted by Crippen LogP contribution is 2.17. The predicted molar refractivity (Wildman–Crippen MR) is 79.0 cm³/mol. The van der Waals surface area contributed by atoms with Gasteiger partial charge in [0.25, 0.3) is 5.91 Å². The molecule has 0 heterocycles. The van der Waals surface area contributed by atoms with Crippen molar-refractivity contribution in [3.63, 3.8) is 0 Å². The van der Waals surface area contributed by atoms with Crippen molar-refractivity contribution in [2.24, 2.45) is 11.7 Å². The van der Waals surface area contributed by atoms with Crippen molar-refractivity contribution in [1.82, 2.24) is 4.90 Å². The summed E-state index contributed by atoms with van der Waals surface area (Å²) >= 11 is 10.9. The number of nitrogens with two attached hydrogens (primary N) is 1. The summed E-state index contributed by atoms with van der Waals surface area (Å²) in [6, 6.07) is 7.02. The smallest absolute Gasteiger partial charge is 0.255 e. The van der Waals surface area contributed by atoms with Gasteiger partial charge in [-0.15, -0.1) is 0 Å². The first-order valence-corrected chi connectivity index (χ1v) is 6.59. The number of rotatable bonds is 5. The second-order valence-electron chi connectivity index (χ2n) is 4.13. The minimum Gasteiger partial charge on any atom is -0.393 e. The third-order valence-electron chi connectivity index (χ3n) is 2.75. The van der Waals surface area contributed by atoms with Gasteiger partial charge in [0.15, 0.2) is 0 Å². The van der Waals surface area contributed by atoms with E-state index in [0.717, 1.165) is 0 Å². The van der Waals surface area contributed by atoms with Crippen LogP contribution in [0.4, 0.5) is 0 Å². The molecule has 3 nitrogen and oxygen atoms in total. The molecule has 0 fully saturated rings. The van der Waals surface area contributed by atoms with Crippen molar-refractivity contribution in [2.75, 3.05) is 13.1 Å². The zero-order valence-corrected chi connectivity index (χ0v) is 12.1. The van der Waals surface area contributed by atoms with Gasteiger partial charge in [-0.3, -0.25) is 4.79 Å². The normalized spacial score (nSPS) is 11.9. The Balaban J connectivity index is 2.86. The number of hydrogen-bond acceptors (Lipinski definition) is 2. The van der Waals surface area contributed by atoms with Crippen LogP contribution >= 0.6 is 23.8 Å². The lowest BCUT2D eigenvalue weighted by Crippen LogP contribution is -2.38. The molecule has 1 atom stereocenters. The molecule has 1 rings (SSSR count). The molecule has 98 valence electrons. The van der Waals surface area contributed by atoms with Crippen molar-refractivity contribution in [1.29, 1.82) is 0 Å². The number of hydrogen-bond donors (Lipinski definition) is 1. The molecule has 0 saturated heterocycles. The maximum absolute atomic E-state index is 12.3. The highest BCUT2D eigenvalue weighted by Gasteiger charge is 2.19. The summed E-state index contributed by atoms with van der Waals surface area (Å²) in [4.78, 5) is 14.4. The number of benzene rings is 1. The van der Waals surface area contributed by atoms with Crippen molar-refractivity contribution >= 4 is 34.7 Å². The molecule has 1 unspecified atom stereocenters. The van der Waals surface area contributed by atoms with Crippen molar-refractivity contribution in [3.05, 3.63) is 34.9 Å². The van der Waals surface area contributed by atoms with Crippen LogP contribution in [-0.2, 0) is 0 Å². The van der Waals surface area contributed by atoms with E-state index in [9.17, 15) is 4.79 Å². The van der Waals surface area contributed by atoms with Crippen LogP contribution in [0.25, 0.3) is 0 Å². The summed E-state index contributed by atoms with van der Waals surface area (Å²) in [7, 11) is 0. The Morgan fingerprint density at radius 3 is 2.61 bits per heavy atom. The average molecular weight is 285 g/mol. The van der Waals surface area contributed by atoms with E-state index in [4.69, 9.17) is 29.6 Å². The minimum absolute atomic E-state index is 0.00797. The summed E-state index contributed by atoms with van der Waals surface area (Å²) in [6.45, 7) is 4.93. The van der Waals surface area contributed by atoms with E-state index in [1.165, 1.54) is 0 Å². The standard InChI is InChI=1S/C13H17ClN2OS/c1-3-16(8-9(2)12(15)18)13(17)10-6-4-5-7-11(10)14/h4-7,9H,3,8H2,1-2H3,(H2,15,18). The molecular formula is C13H17ClN2OS. The van der Waals surface area contributed by atoms with Crippen LogP contribution in [0.5, 0.6) is 0 Å². The van der Waals surface area contributed by atoms with E-state index in [1.54, 1.807) is 29.2 Å². The number of thiocarbonyl (C=S) groups is 1. The van der Waals surface area contributed by atoms with Gasteiger partial charge < -0.3 is 10.6 Å². The lowest BCUT2D eigenvalue weighted by Gasteiger charge is -2.24. The van der Waals surface area contributed by atoms with Crippen molar-refractivity contribution < 1.29 is 4.79 Å². The Morgan fingerprint density at radius 1 is 1.50 bits per heavy atom. The zero-order chi connectivity index (χ0) is 13.7. The lowest BCUT2D eigenvalue weighted by atomic mass is 10.1. The molecule has 0 saturated carbocycles. The van der Waals surface area contributed by atoms with Gasteiger partial charge in [-0.1, -0.05) is 42.9 Å². The molecule has 2 N–H and O–H groups in total. The first-order valence-electron chi connectivity index (χ1n) is 5.80. The van der Waals surface area contributed by atoms with E-state index < -0.39 is 0 Å². The maximum atomic E-state index is 12.3. The SMILES string of the molecule is CCN(CC(C)C(N)=S)C(=O)c1ccccc1Cl. The van der Waals surface area contributed by atoms with Crippen LogP contribution in [0.3, 0.4) is 0 Å². The molecule has 18 heavy (non-hydrogen) atoms. The predicted octanol–water partition coefficient (Wildman–Crippen LogP) is 2.72. The van der Waals surface area contributed by atoms with Gasteiger partial charge in [0.1, 0.15) is 0 Å². The van der Waals surface area contributed by atoms with Crippen LogP contribution < -0.4 is 5.73 Å². The maximum Gasteiger partial charge on any atom is 0.255 e. The first-order chi connectivity index (χ1) is 8.47. The fourth-order valence-electron chi connectivity index (χ4n) is 1.58. The summed E-state index contributed by atoms with van der Waals surface area (Å²) in [5.41, 5.74) is 6.09. The number of amides is 1. The quantitative estimate of drug-likeness (QED) is 0.846. The number of carbonyl (C=O) groups is 1. The first kappa shape index (κ1) is 14.9. The molecular weight excluding hydrogens is 268 g/mol. The Hall–Kier alpha value is -1.13. The lowest BCUT2D eigenvalue weighted by molar-refractivity contribution is 0.0755. The van der Waals surface area contributed by atoms with Crippen LogP contribution in [-0.4, -0.2) is 28.9 Å². The Kier molecular flexibility index (Phi) is 5.56. The van der Waals surface area contributed by atoms with Gasteiger partial charge in [0.2, 0.25) is 0 Å². The third-order valence-corrected chi connectivity index (χ3v) is 3.49. The Labute approximate surface area is 118 Å². The van der Waals surface area contributed by atoms with Crippen LogP contribution in [0.15, 0.2) is 24.3 Å². The number of nitrogens with zero attached hydrogens (tertiary/aromatic N) is 1. The summed E-state index contributed by atoms with van der Waals surface area (Å²) in [6.07, 6.45) is 0. The van der Waals surface area contributed by atoms with Gasteiger partial charge in [0.05, 0.1) is 15.6 Å². The summed E-state index contributed by atoms with van der Waals surface area (Å²) in [5.74, 6) is -0.0995. The molecule has 1 aromatic carbocycles. The van der Waals surface area contributed by atoms with E-state index in [0.29, 0.717) is 28.7 Å². The van der Waals surface area contributed by atoms with E-state index in [2.05, 4.69) is 0 Å². The van der Waals surface area contributed by atoms with Crippen LogP contribution in [0.2, 0.25) is 5.02 Å². The van der Waals surface area contributed by atoms with Crippen molar-refractivity contribution in [3.8, 4) is 0 Å². The van der Waals surface area contributed by atoms with E-state index >= 15 is 0 Å². The molecule has 0 aromatic heterocycles. The zero-order valence-electron chi connectivity index (χ0n) is 10.5. The van der Waals surface area contributed by atoms with Crippen LogP contribution in [0, 0.1) is 5.92 Å². The van der Waals surface area contributed by atoms with Gasteiger partial charge in [-0.25, -0.2) is 0 Å². The number of carbonyl (C=O) groups excluding carboxylic acids is 1. The van der Waals surface area contributed by atoms with Gasteiger partial charge in [-0.05, 0) is 19.1 Å². The molecule has 0 bridgehead atoms. The average Bonchev–Trinajstić information content (AvgIpc) is 2.35. The third kappa shape index (κ3) is 3.68. The molecule has 0 aliphatic carbocycles. The molecule has 1 amide bonds. The molecule has 5 heteroatoms.